The zero-order chi connectivity index (χ0) is 14.1. The average molecular weight is 276 g/mol. The Balaban J connectivity index is 2.08. The standard InChI is InChI=1S/C14H17FN4O/c1-18-14(16)12(9-17-18)11-3-2-10(15)8-13(11)19-4-6-20-7-5-19/h2-3,8-9H,4-7,16H2,1H3. The third kappa shape index (κ3) is 2.22. The second kappa shape index (κ2) is 5.13. The van der Waals surface area contributed by atoms with Crippen molar-refractivity contribution < 1.29 is 9.13 Å². The lowest BCUT2D eigenvalue weighted by Gasteiger charge is -2.30. The molecule has 0 bridgehead atoms. The van der Waals surface area contributed by atoms with Crippen LogP contribution < -0.4 is 10.6 Å². The zero-order valence-corrected chi connectivity index (χ0v) is 11.3. The molecule has 20 heavy (non-hydrogen) atoms. The quantitative estimate of drug-likeness (QED) is 0.906. The summed E-state index contributed by atoms with van der Waals surface area (Å²) in [5, 5.41) is 4.16. The summed E-state index contributed by atoms with van der Waals surface area (Å²) in [6.45, 7) is 2.80. The van der Waals surface area contributed by atoms with Crippen LogP contribution in [0.2, 0.25) is 0 Å². The van der Waals surface area contributed by atoms with Gasteiger partial charge in [-0.1, -0.05) is 0 Å². The SMILES string of the molecule is Cn1ncc(-c2ccc(F)cc2N2CCOCC2)c1N. The van der Waals surface area contributed by atoms with Crippen LogP contribution in [0.15, 0.2) is 24.4 Å². The number of hydrogen-bond acceptors (Lipinski definition) is 4. The van der Waals surface area contributed by atoms with E-state index < -0.39 is 0 Å². The molecule has 1 aromatic carbocycles. The van der Waals surface area contributed by atoms with Gasteiger partial charge in [0.1, 0.15) is 11.6 Å². The van der Waals surface area contributed by atoms with Crippen molar-refractivity contribution in [3.63, 3.8) is 0 Å². The topological polar surface area (TPSA) is 56.3 Å². The monoisotopic (exact) mass is 276 g/mol. The first-order valence-electron chi connectivity index (χ1n) is 6.57. The number of rotatable bonds is 2. The number of benzene rings is 1. The number of aryl methyl sites for hydroxylation is 1. The van der Waals surface area contributed by atoms with Crippen LogP contribution in [0.4, 0.5) is 15.9 Å². The molecule has 0 amide bonds. The van der Waals surface area contributed by atoms with Crippen molar-refractivity contribution in [2.24, 2.45) is 7.05 Å². The summed E-state index contributed by atoms with van der Waals surface area (Å²) >= 11 is 0. The first-order chi connectivity index (χ1) is 9.66. The van der Waals surface area contributed by atoms with Crippen LogP contribution in [0.3, 0.4) is 0 Å². The van der Waals surface area contributed by atoms with Crippen molar-refractivity contribution in [1.82, 2.24) is 9.78 Å². The molecule has 0 radical (unpaired) electrons. The highest BCUT2D eigenvalue weighted by Crippen LogP contribution is 2.35. The van der Waals surface area contributed by atoms with Crippen LogP contribution in [0.25, 0.3) is 11.1 Å². The molecule has 0 spiro atoms. The molecule has 0 saturated carbocycles. The molecule has 5 nitrogen and oxygen atoms in total. The van der Waals surface area contributed by atoms with Crippen molar-refractivity contribution in [2.75, 3.05) is 36.9 Å². The lowest BCUT2D eigenvalue weighted by Crippen LogP contribution is -2.36. The molecule has 0 atom stereocenters. The van der Waals surface area contributed by atoms with E-state index in [0.29, 0.717) is 19.0 Å². The molecule has 2 N–H and O–H groups in total. The maximum atomic E-state index is 13.6. The predicted molar refractivity (Wildman–Crippen MR) is 76.0 cm³/mol. The fourth-order valence-electron chi connectivity index (χ4n) is 2.45. The molecular formula is C14H17FN4O. The summed E-state index contributed by atoms with van der Waals surface area (Å²) < 4.78 is 20.6. The molecule has 0 unspecified atom stereocenters. The highest BCUT2D eigenvalue weighted by atomic mass is 19.1. The van der Waals surface area contributed by atoms with Crippen molar-refractivity contribution in [3.05, 3.63) is 30.2 Å². The van der Waals surface area contributed by atoms with Gasteiger partial charge in [-0.15, -0.1) is 0 Å². The second-order valence-electron chi connectivity index (χ2n) is 4.83. The number of morpholine rings is 1. The molecule has 0 aliphatic carbocycles. The van der Waals surface area contributed by atoms with Crippen molar-refractivity contribution >= 4 is 11.5 Å². The van der Waals surface area contributed by atoms with E-state index in [2.05, 4.69) is 10.00 Å². The van der Waals surface area contributed by atoms with Crippen LogP contribution >= 0.6 is 0 Å². The van der Waals surface area contributed by atoms with E-state index in [1.165, 1.54) is 6.07 Å². The molecule has 6 heteroatoms. The average Bonchev–Trinajstić information content (AvgIpc) is 2.80. The largest absolute Gasteiger partial charge is 0.383 e. The molecule has 3 rings (SSSR count). The number of nitrogens with two attached hydrogens (primary N) is 1. The van der Waals surface area contributed by atoms with E-state index >= 15 is 0 Å². The lowest BCUT2D eigenvalue weighted by molar-refractivity contribution is 0.122. The number of anilines is 2. The highest BCUT2D eigenvalue weighted by Gasteiger charge is 2.19. The zero-order valence-electron chi connectivity index (χ0n) is 11.3. The van der Waals surface area contributed by atoms with Crippen molar-refractivity contribution in [2.45, 2.75) is 0 Å². The summed E-state index contributed by atoms with van der Waals surface area (Å²) in [6, 6.07) is 4.76. The number of halogens is 1. The number of aromatic nitrogens is 2. The molecular weight excluding hydrogens is 259 g/mol. The fraction of sp³-hybridized carbons (Fsp3) is 0.357. The van der Waals surface area contributed by atoms with Crippen LogP contribution in [0, 0.1) is 5.82 Å². The Hall–Kier alpha value is -2.08. The Bertz CT molecular complexity index is 620. The first kappa shape index (κ1) is 12.9. The summed E-state index contributed by atoms with van der Waals surface area (Å²) in [5.41, 5.74) is 8.60. The molecule has 1 aliphatic heterocycles. The summed E-state index contributed by atoms with van der Waals surface area (Å²) in [5.74, 6) is 0.323. The van der Waals surface area contributed by atoms with E-state index in [0.717, 1.165) is 29.9 Å². The van der Waals surface area contributed by atoms with Gasteiger partial charge in [-0.25, -0.2) is 4.39 Å². The van der Waals surface area contributed by atoms with E-state index in [1.807, 2.05) is 0 Å². The van der Waals surface area contributed by atoms with Gasteiger partial charge < -0.3 is 15.4 Å². The van der Waals surface area contributed by atoms with E-state index in [1.54, 1.807) is 30.1 Å². The van der Waals surface area contributed by atoms with Gasteiger partial charge in [0.2, 0.25) is 0 Å². The van der Waals surface area contributed by atoms with Gasteiger partial charge in [0.25, 0.3) is 0 Å². The molecule has 2 heterocycles. The Morgan fingerprint density at radius 3 is 2.65 bits per heavy atom. The number of ether oxygens (including phenoxy) is 1. The van der Waals surface area contributed by atoms with Gasteiger partial charge in [-0.3, -0.25) is 4.68 Å². The third-order valence-electron chi connectivity index (χ3n) is 3.59. The van der Waals surface area contributed by atoms with Crippen LogP contribution in [0.5, 0.6) is 0 Å². The van der Waals surface area contributed by atoms with Crippen LogP contribution in [-0.4, -0.2) is 36.1 Å². The van der Waals surface area contributed by atoms with Gasteiger partial charge in [-0.2, -0.15) is 5.10 Å². The highest BCUT2D eigenvalue weighted by molar-refractivity contribution is 5.84. The molecule has 1 fully saturated rings. The molecule has 1 aromatic heterocycles. The maximum Gasteiger partial charge on any atom is 0.129 e. The second-order valence-corrected chi connectivity index (χ2v) is 4.83. The third-order valence-corrected chi connectivity index (χ3v) is 3.59. The summed E-state index contributed by atoms with van der Waals surface area (Å²) in [6.07, 6.45) is 1.71. The summed E-state index contributed by atoms with van der Waals surface area (Å²) in [7, 11) is 1.79. The number of hydrogen-bond donors (Lipinski definition) is 1. The molecule has 106 valence electrons. The van der Waals surface area contributed by atoms with Gasteiger partial charge >= 0.3 is 0 Å². The Morgan fingerprint density at radius 2 is 2.00 bits per heavy atom. The normalized spacial score (nSPS) is 15.6. The Kier molecular flexibility index (Phi) is 3.31. The molecule has 1 aliphatic rings. The lowest BCUT2D eigenvalue weighted by atomic mass is 10.0. The fourth-order valence-corrected chi connectivity index (χ4v) is 2.45. The van der Waals surface area contributed by atoms with Gasteiger partial charge in [0, 0.05) is 37.0 Å². The van der Waals surface area contributed by atoms with Crippen LogP contribution in [-0.2, 0) is 11.8 Å². The van der Waals surface area contributed by atoms with Gasteiger partial charge in [0.05, 0.1) is 19.4 Å². The predicted octanol–water partition coefficient (Wildman–Crippen LogP) is 1.64. The van der Waals surface area contributed by atoms with E-state index in [9.17, 15) is 4.39 Å². The minimum Gasteiger partial charge on any atom is -0.383 e. The van der Waals surface area contributed by atoms with E-state index in [-0.39, 0.29) is 5.82 Å². The Morgan fingerprint density at radius 1 is 1.25 bits per heavy atom. The van der Waals surface area contributed by atoms with Crippen LogP contribution in [0.1, 0.15) is 0 Å². The van der Waals surface area contributed by atoms with Crippen molar-refractivity contribution in [1.29, 1.82) is 0 Å². The van der Waals surface area contributed by atoms with E-state index in [4.69, 9.17) is 10.5 Å². The van der Waals surface area contributed by atoms with Gasteiger partial charge in [0.15, 0.2) is 0 Å². The van der Waals surface area contributed by atoms with Crippen molar-refractivity contribution in [3.8, 4) is 11.1 Å². The molecule has 1 saturated heterocycles. The smallest absolute Gasteiger partial charge is 0.129 e. The molecule has 2 aromatic rings. The number of nitrogens with zero attached hydrogens (tertiary/aromatic N) is 3. The van der Waals surface area contributed by atoms with Gasteiger partial charge in [-0.05, 0) is 18.2 Å². The minimum atomic E-state index is -0.252. The Labute approximate surface area is 116 Å². The summed E-state index contributed by atoms with van der Waals surface area (Å²) in [4.78, 5) is 2.12. The minimum absolute atomic E-state index is 0.252. The maximum absolute atomic E-state index is 13.6. The first-order valence-corrected chi connectivity index (χ1v) is 6.57. The number of nitrogen functional groups attached to an aromatic ring is 1.